The van der Waals surface area contributed by atoms with Gasteiger partial charge in [-0.05, 0) is 42.9 Å². The first-order valence-corrected chi connectivity index (χ1v) is 11.1. The Bertz CT molecular complexity index is 1250. The first-order chi connectivity index (χ1) is 16.5. The Morgan fingerprint density at radius 2 is 1.79 bits per heavy atom. The molecule has 0 radical (unpaired) electrons. The first-order valence-electron chi connectivity index (χ1n) is 11.1. The number of H-pyrrole nitrogens is 1. The highest BCUT2D eigenvalue weighted by atomic mass is 16.5. The smallest absolute Gasteiger partial charge is 0.337 e. The maximum absolute atomic E-state index is 12.9. The molecule has 1 aliphatic heterocycles. The molecule has 9 heteroatoms. The third kappa shape index (κ3) is 4.50. The number of fused-ring (bicyclic) bond motifs is 1. The second-order valence-corrected chi connectivity index (χ2v) is 8.26. The highest BCUT2D eigenvalue weighted by Crippen LogP contribution is 2.41. The molecule has 0 spiro atoms. The number of hydrogen-bond donors (Lipinski definition) is 1. The first kappa shape index (κ1) is 23.4. The van der Waals surface area contributed by atoms with E-state index in [2.05, 4.69) is 14.9 Å². The molecule has 1 aliphatic rings. The molecule has 3 aromatic rings. The predicted octanol–water partition coefficient (Wildman–Crippen LogP) is 3.19. The third-order valence-electron chi connectivity index (χ3n) is 6.28. The van der Waals surface area contributed by atoms with E-state index in [1.54, 1.807) is 12.1 Å². The molecule has 0 atom stereocenters. The Morgan fingerprint density at radius 1 is 1.06 bits per heavy atom. The van der Waals surface area contributed by atoms with E-state index in [0.717, 1.165) is 37.9 Å². The van der Waals surface area contributed by atoms with Crippen molar-refractivity contribution in [2.24, 2.45) is 5.92 Å². The van der Waals surface area contributed by atoms with Crippen LogP contribution in [0.1, 0.15) is 28.8 Å². The van der Waals surface area contributed by atoms with Gasteiger partial charge in [0.25, 0.3) is 5.56 Å². The number of ether oxygens (including phenoxy) is 4. The number of anilines is 1. The van der Waals surface area contributed by atoms with E-state index in [1.807, 2.05) is 18.2 Å². The number of carbonyl (C=O) groups excluding carboxylic acids is 1. The molecule has 9 nitrogen and oxygen atoms in total. The molecule has 1 fully saturated rings. The number of nitrogens with zero attached hydrogens (tertiary/aromatic N) is 2. The highest BCUT2D eigenvalue weighted by Gasteiger charge is 2.24. The van der Waals surface area contributed by atoms with E-state index >= 15 is 0 Å². The second-order valence-electron chi connectivity index (χ2n) is 8.26. The number of aromatic nitrogens is 2. The topological polar surface area (TPSA) is 103 Å². The summed E-state index contributed by atoms with van der Waals surface area (Å²) in [6.45, 7) is 1.53. The summed E-state index contributed by atoms with van der Waals surface area (Å²) in [5.41, 5.74) is 1.87. The molecule has 1 saturated heterocycles. The van der Waals surface area contributed by atoms with Crippen LogP contribution in [0, 0.1) is 5.92 Å². The Morgan fingerprint density at radius 3 is 2.44 bits per heavy atom. The fourth-order valence-electron chi connectivity index (χ4n) is 4.54. The number of methoxy groups -OCH3 is 4. The molecule has 2 aromatic carbocycles. The third-order valence-corrected chi connectivity index (χ3v) is 6.28. The van der Waals surface area contributed by atoms with E-state index < -0.39 is 0 Å². The number of aromatic amines is 1. The summed E-state index contributed by atoms with van der Waals surface area (Å²) in [5.74, 6) is 1.79. The quantitative estimate of drug-likeness (QED) is 0.529. The number of piperidine rings is 1. The Hall–Kier alpha value is -3.75. The molecule has 1 N–H and O–H groups in total. The van der Waals surface area contributed by atoms with Gasteiger partial charge in [0, 0.05) is 19.2 Å². The van der Waals surface area contributed by atoms with E-state index in [1.165, 1.54) is 28.4 Å². The second kappa shape index (κ2) is 10.0. The van der Waals surface area contributed by atoms with Crippen LogP contribution in [0.5, 0.6) is 17.2 Å². The molecule has 1 aromatic heterocycles. The van der Waals surface area contributed by atoms with Gasteiger partial charge in [0.1, 0.15) is 5.39 Å². The number of hydrogen-bond acceptors (Lipinski definition) is 8. The fourth-order valence-corrected chi connectivity index (χ4v) is 4.54. The SMILES string of the molecule is COC(=O)c1cccc(CC2CCN(c3nc(=O)c4c(OC)c(OC)c(OC)cc4[nH]3)CC2)c1. The summed E-state index contributed by atoms with van der Waals surface area (Å²) in [4.78, 5) is 34.4. The van der Waals surface area contributed by atoms with Crippen molar-refractivity contribution in [3.8, 4) is 17.2 Å². The van der Waals surface area contributed by atoms with Gasteiger partial charge in [-0.25, -0.2) is 4.79 Å². The average Bonchev–Trinajstić information content (AvgIpc) is 2.87. The summed E-state index contributed by atoms with van der Waals surface area (Å²) in [5, 5.41) is 0.323. The lowest BCUT2D eigenvalue weighted by Crippen LogP contribution is -2.36. The highest BCUT2D eigenvalue weighted by molar-refractivity contribution is 5.90. The number of rotatable bonds is 7. The van der Waals surface area contributed by atoms with Gasteiger partial charge in [-0.3, -0.25) is 4.79 Å². The maximum Gasteiger partial charge on any atom is 0.337 e. The predicted molar refractivity (Wildman–Crippen MR) is 128 cm³/mol. The Labute approximate surface area is 197 Å². The van der Waals surface area contributed by atoms with E-state index in [-0.39, 0.29) is 11.5 Å². The lowest BCUT2D eigenvalue weighted by atomic mass is 9.90. The molecule has 0 amide bonds. The normalized spacial score (nSPS) is 14.2. The molecule has 0 unspecified atom stereocenters. The van der Waals surface area contributed by atoms with E-state index in [4.69, 9.17) is 18.9 Å². The van der Waals surface area contributed by atoms with Crippen LogP contribution in [0.4, 0.5) is 5.95 Å². The minimum atomic E-state index is -0.386. The maximum atomic E-state index is 12.9. The summed E-state index contributed by atoms with van der Waals surface area (Å²) >= 11 is 0. The van der Waals surface area contributed by atoms with Gasteiger partial charge in [-0.2, -0.15) is 4.98 Å². The lowest BCUT2D eigenvalue weighted by Gasteiger charge is -2.32. The van der Waals surface area contributed by atoms with Gasteiger partial charge >= 0.3 is 5.97 Å². The van der Waals surface area contributed by atoms with Crippen molar-refractivity contribution in [3.05, 3.63) is 51.8 Å². The number of benzene rings is 2. The Kier molecular flexibility index (Phi) is 6.90. The van der Waals surface area contributed by atoms with Gasteiger partial charge < -0.3 is 28.8 Å². The van der Waals surface area contributed by atoms with Crippen molar-refractivity contribution in [2.45, 2.75) is 19.3 Å². The minimum absolute atomic E-state index is 0.296. The van der Waals surface area contributed by atoms with Gasteiger partial charge in [-0.15, -0.1) is 0 Å². The Balaban J connectivity index is 1.52. The van der Waals surface area contributed by atoms with Crippen molar-refractivity contribution < 1.29 is 23.7 Å². The van der Waals surface area contributed by atoms with Crippen LogP contribution < -0.4 is 24.7 Å². The molecular weight excluding hydrogens is 438 g/mol. The summed E-state index contributed by atoms with van der Waals surface area (Å²) in [7, 11) is 5.90. The molecule has 0 bridgehead atoms. The van der Waals surface area contributed by atoms with Crippen LogP contribution in [0.25, 0.3) is 10.9 Å². The zero-order chi connectivity index (χ0) is 24.2. The number of nitrogens with one attached hydrogen (secondary N) is 1. The lowest BCUT2D eigenvalue weighted by molar-refractivity contribution is 0.0600. The zero-order valence-corrected chi connectivity index (χ0v) is 19.8. The number of esters is 1. The van der Waals surface area contributed by atoms with Crippen molar-refractivity contribution >= 4 is 22.8 Å². The van der Waals surface area contributed by atoms with Crippen LogP contribution in [-0.4, -0.2) is 57.5 Å². The van der Waals surface area contributed by atoms with Gasteiger partial charge in [0.05, 0.1) is 39.5 Å². The standard InChI is InChI=1S/C25H29N3O6/c1-31-19-14-18-20(22(33-3)21(19)32-2)23(29)27-25(26-18)28-10-8-15(9-11-28)12-16-6-5-7-17(13-16)24(30)34-4/h5-7,13-15H,8-12H2,1-4H3,(H,26,27,29). The van der Waals surface area contributed by atoms with Gasteiger partial charge in [0.15, 0.2) is 11.5 Å². The van der Waals surface area contributed by atoms with Crippen LogP contribution in [0.2, 0.25) is 0 Å². The monoisotopic (exact) mass is 467 g/mol. The van der Waals surface area contributed by atoms with Crippen molar-refractivity contribution in [1.82, 2.24) is 9.97 Å². The molecule has 0 saturated carbocycles. The molecular formula is C25H29N3O6. The fraction of sp³-hybridized carbons (Fsp3) is 0.400. The summed E-state index contributed by atoms with van der Waals surface area (Å²) < 4.78 is 21.1. The van der Waals surface area contributed by atoms with Crippen LogP contribution in [0.3, 0.4) is 0 Å². The molecule has 2 heterocycles. The zero-order valence-electron chi connectivity index (χ0n) is 19.8. The average molecular weight is 468 g/mol. The minimum Gasteiger partial charge on any atom is -0.493 e. The van der Waals surface area contributed by atoms with Crippen LogP contribution >= 0.6 is 0 Å². The van der Waals surface area contributed by atoms with Crippen molar-refractivity contribution in [1.29, 1.82) is 0 Å². The molecule has 4 rings (SSSR count). The summed E-state index contributed by atoms with van der Waals surface area (Å²) in [6, 6.07) is 9.31. The van der Waals surface area contributed by atoms with E-state index in [9.17, 15) is 9.59 Å². The molecule has 180 valence electrons. The number of carbonyl (C=O) groups is 1. The van der Waals surface area contributed by atoms with Crippen LogP contribution in [-0.2, 0) is 11.2 Å². The summed E-state index contributed by atoms with van der Waals surface area (Å²) in [6.07, 6.45) is 2.77. The van der Waals surface area contributed by atoms with Gasteiger partial charge in [0.2, 0.25) is 11.7 Å². The van der Waals surface area contributed by atoms with Gasteiger partial charge in [-0.1, -0.05) is 12.1 Å². The molecule has 0 aliphatic carbocycles. The largest absolute Gasteiger partial charge is 0.493 e. The molecule has 34 heavy (non-hydrogen) atoms. The van der Waals surface area contributed by atoms with Crippen LogP contribution in [0.15, 0.2) is 35.1 Å². The van der Waals surface area contributed by atoms with Crippen molar-refractivity contribution in [2.75, 3.05) is 46.4 Å². The van der Waals surface area contributed by atoms with E-state index in [0.29, 0.717) is 45.6 Å². The van der Waals surface area contributed by atoms with Crippen molar-refractivity contribution in [3.63, 3.8) is 0 Å².